The maximum absolute atomic E-state index is 13.8. The van der Waals surface area contributed by atoms with E-state index in [-0.39, 0.29) is 23.7 Å². The molecule has 21 heavy (non-hydrogen) atoms. The van der Waals surface area contributed by atoms with Crippen LogP contribution in [0.2, 0.25) is 5.02 Å². The van der Waals surface area contributed by atoms with E-state index in [0.29, 0.717) is 17.3 Å². The average Bonchev–Trinajstić information content (AvgIpc) is 2.87. The van der Waals surface area contributed by atoms with Crippen LogP contribution in [0.5, 0.6) is 0 Å². The maximum atomic E-state index is 13.8. The molecular weight excluding hydrogens is 297 g/mol. The van der Waals surface area contributed by atoms with E-state index in [1.54, 1.807) is 12.1 Å². The van der Waals surface area contributed by atoms with Crippen molar-refractivity contribution in [1.82, 2.24) is 15.5 Å². The highest BCUT2D eigenvalue weighted by Gasteiger charge is 2.33. The lowest BCUT2D eigenvalue weighted by molar-refractivity contribution is -0.0841. The highest BCUT2D eigenvalue weighted by molar-refractivity contribution is 6.30. The lowest BCUT2D eigenvalue weighted by Crippen LogP contribution is -2.58. The van der Waals surface area contributed by atoms with Crippen LogP contribution in [0.25, 0.3) is 0 Å². The van der Waals surface area contributed by atoms with E-state index in [2.05, 4.69) is 15.5 Å². The molecule has 0 atom stereocenters. The zero-order valence-electron chi connectivity index (χ0n) is 11.5. The number of nitrogens with one attached hydrogen (secondary N) is 1. The Morgan fingerprint density at radius 3 is 3.00 bits per heavy atom. The van der Waals surface area contributed by atoms with Gasteiger partial charge < -0.3 is 14.6 Å². The Bertz CT molecular complexity index is 643. The number of benzene rings is 1. The molecule has 7 heteroatoms. The Morgan fingerprint density at radius 2 is 2.29 bits per heavy atom. The summed E-state index contributed by atoms with van der Waals surface area (Å²) in [6.07, 6.45) is 0.231. The summed E-state index contributed by atoms with van der Waals surface area (Å²) in [7, 11) is 0. The Hall–Kier alpha value is -1.50. The summed E-state index contributed by atoms with van der Waals surface area (Å²) in [5, 5.41) is 7.06. The van der Waals surface area contributed by atoms with E-state index in [0.717, 1.165) is 13.1 Å². The van der Waals surface area contributed by atoms with Crippen molar-refractivity contribution in [3.63, 3.8) is 0 Å². The minimum Gasteiger partial charge on any atom is -0.363 e. The number of halogens is 2. The van der Waals surface area contributed by atoms with Gasteiger partial charge in [-0.05, 0) is 18.6 Å². The van der Waals surface area contributed by atoms with Crippen molar-refractivity contribution in [3.05, 3.63) is 46.3 Å². The Labute approximate surface area is 126 Å². The lowest BCUT2D eigenvalue weighted by atomic mass is 10.0. The molecule has 1 fully saturated rings. The third kappa shape index (κ3) is 3.23. The first-order valence-corrected chi connectivity index (χ1v) is 7.03. The van der Waals surface area contributed by atoms with Crippen LogP contribution in [0.15, 0.2) is 22.7 Å². The molecule has 0 bridgehead atoms. The van der Waals surface area contributed by atoms with Gasteiger partial charge in [0.1, 0.15) is 12.4 Å². The Morgan fingerprint density at radius 1 is 1.48 bits per heavy atom. The first-order chi connectivity index (χ1) is 10.1. The highest BCUT2D eigenvalue weighted by Crippen LogP contribution is 2.20. The predicted molar refractivity (Wildman–Crippen MR) is 74.6 cm³/mol. The predicted octanol–water partition coefficient (Wildman–Crippen LogP) is 2.33. The van der Waals surface area contributed by atoms with Gasteiger partial charge in [-0.25, -0.2) is 4.39 Å². The number of hydrogen-bond acceptors (Lipinski definition) is 5. The smallest absolute Gasteiger partial charge is 0.252 e. The fraction of sp³-hybridized carbons (Fsp3) is 0.429. The monoisotopic (exact) mass is 311 g/mol. The normalized spacial score (nSPS) is 16.7. The van der Waals surface area contributed by atoms with E-state index in [1.807, 2.05) is 6.92 Å². The molecule has 0 saturated carbocycles. The maximum Gasteiger partial charge on any atom is 0.252 e. The number of nitrogens with zero attached hydrogens (tertiary/aromatic N) is 2. The van der Waals surface area contributed by atoms with Crippen molar-refractivity contribution in [2.24, 2.45) is 0 Å². The third-order valence-corrected chi connectivity index (χ3v) is 3.72. The largest absolute Gasteiger partial charge is 0.363 e. The summed E-state index contributed by atoms with van der Waals surface area (Å²) in [6.45, 7) is 3.88. The zero-order valence-corrected chi connectivity index (χ0v) is 12.3. The van der Waals surface area contributed by atoms with E-state index < -0.39 is 5.82 Å². The fourth-order valence-corrected chi connectivity index (χ4v) is 2.29. The fourth-order valence-electron chi connectivity index (χ4n) is 2.09. The Kier molecular flexibility index (Phi) is 3.93. The van der Waals surface area contributed by atoms with Gasteiger partial charge in [-0.2, -0.15) is 4.98 Å². The van der Waals surface area contributed by atoms with Gasteiger partial charge >= 0.3 is 0 Å². The highest BCUT2D eigenvalue weighted by atomic mass is 35.5. The van der Waals surface area contributed by atoms with Crippen molar-refractivity contribution < 1.29 is 13.7 Å². The molecule has 1 N–H and O–H groups in total. The van der Waals surface area contributed by atoms with Crippen molar-refractivity contribution in [3.8, 4) is 0 Å². The molecule has 1 aliphatic heterocycles. The van der Waals surface area contributed by atoms with Gasteiger partial charge in [0.05, 0.1) is 10.6 Å². The molecule has 112 valence electrons. The second-order valence-electron chi connectivity index (χ2n) is 5.34. The standard InChI is InChI=1S/C14H15ClFN3O2/c1-14(7-17-8-14)20-6-12-18-11(19-21-12)5-9-3-2-4-10(15)13(9)16/h2-4,17H,5-8H2,1H3. The van der Waals surface area contributed by atoms with Gasteiger partial charge in [-0.3, -0.25) is 0 Å². The van der Waals surface area contributed by atoms with Gasteiger partial charge in [-0.15, -0.1) is 0 Å². The van der Waals surface area contributed by atoms with Crippen molar-refractivity contribution in [2.75, 3.05) is 13.1 Å². The van der Waals surface area contributed by atoms with Gasteiger partial charge in [0.2, 0.25) is 0 Å². The molecule has 0 unspecified atom stereocenters. The molecule has 0 aliphatic carbocycles. The van der Waals surface area contributed by atoms with Crippen molar-refractivity contribution in [2.45, 2.75) is 25.6 Å². The number of hydrogen-bond donors (Lipinski definition) is 1. The Balaban J connectivity index is 1.63. The van der Waals surface area contributed by atoms with Crippen LogP contribution >= 0.6 is 11.6 Å². The van der Waals surface area contributed by atoms with E-state index in [9.17, 15) is 4.39 Å². The number of ether oxygens (including phenoxy) is 1. The third-order valence-electron chi connectivity index (χ3n) is 3.43. The summed E-state index contributed by atoms with van der Waals surface area (Å²) in [4.78, 5) is 4.20. The summed E-state index contributed by atoms with van der Waals surface area (Å²) in [6, 6.07) is 4.84. The van der Waals surface area contributed by atoms with Gasteiger partial charge in [0.15, 0.2) is 5.82 Å². The zero-order chi connectivity index (χ0) is 14.9. The topological polar surface area (TPSA) is 60.2 Å². The van der Waals surface area contributed by atoms with Crippen molar-refractivity contribution in [1.29, 1.82) is 0 Å². The molecule has 1 saturated heterocycles. The number of rotatable bonds is 5. The molecule has 0 amide bonds. The van der Waals surface area contributed by atoms with Crippen LogP contribution in [0.4, 0.5) is 4.39 Å². The molecule has 2 heterocycles. The molecule has 1 aromatic heterocycles. The molecule has 5 nitrogen and oxygen atoms in total. The van der Waals surface area contributed by atoms with Crippen LogP contribution in [-0.2, 0) is 17.8 Å². The van der Waals surface area contributed by atoms with Crippen LogP contribution in [-0.4, -0.2) is 28.8 Å². The van der Waals surface area contributed by atoms with Crippen LogP contribution < -0.4 is 5.32 Å². The van der Waals surface area contributed by atoms with Crippen molar-refractivity contribution >= 4 is 11.6 Å². The summed E-state index contributed by atoms with van der Waals surface area (Å²) < 4.78 is 24.6. The van der Waals surface area contributed by atoms with Crippen LogP contribution in [0.1, 0.15) is 24.2 Å². The molecule has 1 aromatic carbocycles. The molecular formula is C14H15ClFN3O2. The van der Waals surface area contributed by atoms with E-state index in [1.165, 1.54) is 6.07 Å². The quantitative estimate of drug-likeness (QED) is 0.918. The van der Waals surface area contributed by atoms with Gasteiger partial charge in [-0.1, -0.05) is 28.9 Å². The van der Waals surface area contributed by atoms with E-state index in [4.69, 9.17) is 20.9 Å². The minimum atomic E-state index is -0.449. The van der Waals surface area contributed by atoms with Crippen LogP contribution in [0.3, 0.4) is 0 Å². The van der Waals surface area contributed by atoms with E-state index >= 15 is 0 Å². The summed E-state index contributed by atoms with van der Waals surface area (Å²) >= 11 is 5.74. The second kappa shape index (κ2) is 5.71. The molecule has 2 aromatic rings. The summed E-state index contributed by atoms with van der Waals surface area (Å²) in [5.41, 5.74) is 0.263. The first kappa shape index (κ1) is 14.4. The van der Waals surface area contributed by atoms with Crippen LogP contribution in [0, 0.1) is 5.82 Å². The first-order valence-electron chi connectivity index (χ1n) is 6.65. The average molecular weight is 312 g/mol. The second-order valence-corrected chi connectivity index (χ2v) is 5.74. The SMILES string of the molecule is CC1(OCc2nc(Cc3cccc(Cl)c3F)no2)CNC1. The number of aromatic nitrogens is 2. The molecule has 0 radical (unpaired) electrons. The summed E-state index contributed by atoms with van der Waals surface area (Å²) in [5.74, 6) is 0.349. The molecule has 0 spiro atoms. The lowest BCUT2D eigenvalue weighted by Gasteiger charge is -2.38. The molecule has 3 rings (SSSR count). The minimum absolute atomic E-state index is 0.0879. The van der Waals surface area contributed by atoms with Gasteiger partial charge in [0, 0.05) is 19.5 Å². The van der Waals surface area contributed by atoms with Gasteiger partial charge in [0.25, 0.3) is 5.89 Å². The molecule has 1 aliphatic rings.